The largest absolute Gasteiger partial charge is 0.497 e. The van der Waals surface area contributed by atoms with Crippen LogP contribution in [-0.4, -0.2) is 51.4 Å². The Hall–Kier alpha value is -2.91. The van der Waals surface area contributed by atoms with Gasteiger partial charge >= 0.3 is 0 Å². The highest BCUT2D eigenvalue weighted by Gasteiger charge is 2.28. The Labute approximate surface area is 195 Å². The molecule has 2 N–H and O–H groups in total. The molecule has 0 unspecified atom stereocenters. The SMILES string of the molecule is CNC(=O)[C@@H](C)N(Cc1ccc(OC)cc1)C(=O)CCc1ccc(S(=O)(=O)NC2CC2)cc1. The summed E-state index contributed by atoms with van der Waals surface area (Å²) >= 11 is 0. The van der Waals surface area contributed by atoms with E-state index in [1.807, 2.05) is 24.3 Å². The predicted molar refractivity (Wildman–Crippen MR) is 125 cm³/mol. The third-order valence-corrected chi connectivity index (χ3v) is 7.22. The Morgan fingerprint density at radius 1 is 1.06 bits per heavy atom. The molecule has 2 aromatic rings. The minimum atomic E-state index is -3.50. The van der Waals surface area contributed by atoms with Crippen molar-refractivity contribution in [3.8, 4) is 5.75 Å². The highest BCUT2D eigenvalue weighted by atomic mass is 32.2. The minimum absolute atomic E-state index is 0.0475. The lowest BCUT2D eigenvalue weighted by Gasteiger charge is -2.28. The summed E-state index contributed by atoms with van der Waals surface area (Å²) in [5.41, 5.74) is 1.74. The first-order valence-corrected chi connectivity index (χ1v) is 12.5. The second kappa shape index (κ2) is 10.8. The Balaban J connectivity index is 1.66. The number of benzene rings is 2. The maximum atomic E-state index is 13.1. The van der Waals surface area contributed by atoms with E-state index in [9.17, 15) is 18.0 Å². The summed E-state index contributed by atoms with van der Waals surface area (Å²) in [6.07, 6.45) is 2.39. The molecule has 0 aliphatic heterocycles. The van der Waals surface area contributed by atoms with Crippen LogP contribution in [0.25, 0.3) is 0 Å². The molecule has 3 rings (SSSR count). The van der Waals surface area contributed by atoms with E-state index < -0.39 is 16.1 Å². The summed E-state index contributed by atoms with van der Waals surface area (Å²) in [5, 5.41) is 2.60. The molecule has 33 heavy (non-hydrogen) atoms. The first kappa shape index (κ1) is 24.7. The van der Waals surface area contributed by atoms with Gasteiger partial charge in [-0.2, -0.15) is 0 Å². The van der Waals surface area contributed by atoms with Crippen molar-refractivity contribution < 1.29 is 22.7 Å². The molecular formula is C24H31N3O5S. The number of nitrogens with one attached hydrogen (secondary N) is 2. The topological polar surface area (TPSA) is 105 Å². The molecule has 1 saturated carbocycles. The van der Waals surface area contributed by atoms with E-state index >= 15 is 0 Å². The Morgan fingerprint density at radius 2 is 1.67 bits per heavy atom. The fourth-order valence-corrected chi connectivity index (χ4v) is 4.74. The van der Waals surface area contributed by atoms with Gasteiger partial charge in [0.2, 0.25) is 21.8 Å². The second-order valence-electron chi connectivity index (χ2n) is 8.20. The van der Waals surface area contributed by atoms with Crippen LogP contribution in [0.1, 0.15) is 37.3 Å². The number of aryl methyl sites for hydroxylation is 1. The van der Waals surface area contributed by atoms with Gasteiger partial charge in [-0.05, 0) is 61.6 Å². The van der Waals surface area contributed by atoms with Gasteiger partial charge in [0.25, 0.3) is 0 Å². The van der Waals surface area contributed by atoms with Crippen molar-refractivity contribution in [1.82, 2.24) is 14.9 Å². The number of carbonyl (C=O) groups is 2. The zero-order valence-electron chi connectivity index (χ0n) is 19.2. The molecule has 9 heteroatoms. The van der Waals surface area contributed by atoms with E-state index in [-0.39, 0.29) is 29.2 Å². The van der Waals surface area contributed by atoms with Crippen LogP contribution >= 0.6 is 0 Å². The van der Waals surface area contributed by atoms with Crippen LogP contribution in [0.3, 0.4) is 0 Å². The first-order chi connectivity index (χ1) is 15.7. The van der Waals surface area contributed by atoms with Gasteiger partial charge < -0.3 is 15.0 Å². The van der Waals surface area contributed by atoms with E-state index in [1.54, 1.807) is 50.2 Å². The Bertz CT molecular complexity index is 1060. The highest BCUT2D eigenvalue weighted by Crippen LogP contribution is 2.22. The maximum absolute atomic E-state index is 13.1. The fourth-order valence-electron chi connectivity index (χ4n) is 3.44. The standard InChI is InChI=1S/C24H31N3O5S/c1-17(24(29)25-2)27(16-19-4-11-21(32-3)12-5-19)23(28)15-8-18-6-13-22(14-7-18)33(30,31)26-20-9-10-20/h4-7,11-14,17,20,26H,8-10,15-16H2,1-3H3,(H,25,29)/t17-/m1/s1. The fraction of sp³-hybridized carbons (Fsp3) is 0.417. The van der Waals surface area contributed by atoms with Crippen LogP contribution in [0.4, 0.5) is 0 Å². The van der Waals surface area contributed by atoms with Crippen molar-refractivity contribution >= 4 is 21.8 Å². The summed E-state index contributed by atoms with van der Waals surface area (Å²) in [6, 6.07) is 13.4. The third-order valence-electron chi connectivity index (χ3n) is 5.69. The van der Waals surface area contributed by atoms with Crippen LogP contribution in [0.2, 0.25) is 0 Å². The molecule has 8 nitrogen and oxygen atoms in total. The molecule has 1 fully saturated rings. The summed E-state index contributed by atoms with van der Waals surface area (Å²) in [7, 11) is -0.369. The van der Waals surface area contributed by atoms with E-state index in [0.29, 0.717) is 18.7 Å². The molecule has 0 heterocycles. The number of likely N-dealkylation sites (N-methyl/N-ethyl adjacent to an activating group) is 1. The van der Waals surface area contributed by atoms with Gasteiger partial charge in [-0.1, -0.05) is 24.3 Å². The van der Waals surface area contributed by atoms with Crippen molar-refractivity contribution in [2.75, 3.05) is 14.2 Å². The average Bonchev–Trinajstić information content (AvgIpc) is 3.64. The van der Waals surface area contributed by atoms with Gasteiger partial charge in [-0.15, -0.1) is 0 Å². The smallest absolute Gasteiger partial charge is 0.242 e. The molecule has 178 valence electrons. The van der Waals surface area contributed by atoms with Gasteiger partial charge in [0, 0.05) is 26.1 Å². The maximum Gasteiger partial charge on any atom is 0.242 e. The Kier molecular flexibility index (Phi) is 8.10. The molecule has 0 bridgehead atoms. The van der Waals surface area contributed by atoms with Gasteiger partial charge in [0.1, 0.15) is 11.8 Å². The minimum Gasteiger partial charge on any atom is -0.497 e. The molecule has 1 aliphatic carbocycles. The molecule has 2 aromatic carbocycles. The molecular weight excluding hydrogens is 442 g/mol. The molecule has 0 aromatic heterocycles. The van der Waals surface area contributed by atoms with E-state index in [0.717, 1.165) is 24.0 Å². The molecule has 0 spiro atoms. The van der Waals surface area contributed by atoms with Crippen LogP contribution in [-0.2, 0) is 32.6 Å². The molecule has 1 aliphatic rings. The van der Waals surface area contributed by atoms with Gasteiger partial charge in [0.05, 0.1) is 12.0 Å². The lowest BCUT2D eigenvalue weighted by molar-refractivity contribution is -0.140. The number of amides is 2. The molecule has 1 atom stereocenters. The lowest BCUT2D eigenvalue weighted by Crippen LogP contribution is -2.46. The average molecular weight is 474 g/mol. The first-order valence-electron chi connectivity index (χ1n) is 11.0. The van der Waals surface area contributed by atoms with E-state index in [4.69, 9.17) is 4.74 Å². The summed E-state index contributed by atoms with van der Waals surface area (Å²) < 4.78 is 32.5. The van der Waals surface area contributed by atoms with Gasteiger partial charge in [-0.3, -0.25) is 9.59 Å². The number of sulfonamides is 1. The van der Waals surface area contributed by atoms with Crippen LogP contribution in [0.5, 0.6) is 5.75 Å². The zero-order chi connectivity index (χ0) is 24.0. The summed E-state index contributed by atoms with van der Waals surface area (Å²) in [5.74, 6) is 0.317. The number of hydrogen-bond donors (Lipinski definition) is 2. The van der Waals surface area contributed by atoms with Gasteiger partial charge in [0.15, 0.2) is 0 Å². The van der Waals surface area contributed by atoms with Crippen molar-refractivity contribution in [3.63, 3.8) is 0 Å². The highest BCUT2D eigenvalue weighted by molar-refractivity contribution is 7.89. The quantitative estimate of drug-likeness (QED) is 0.521. The molecule has 2 amide bonds. The summed E-state index contributed by atoms with van der Waals surface area (Å²) in [6.45, 7) is 1.99. The van der Waals surface area contributed by atoms with Gasteiger partial charge in [-0.25, -0.2) is 13.1 Å². The number of methoxy groups -OCH3 is 1. The number of nitrogens with zero attached hydrogens (tertiary/aromatic N) is 1. The zero-order valence-corrected chi connectivity index (χ0v) is 20.0. The van der Waals surface area contributed by atoms with E-state index in [1.165, 1.54) is 0 Å². The van der Waals surface area contributed by atoms with Crippen molar-refractivity contribution in [1.29, 1.82) is 0 Å². The molecule has 0 radical (unpaired) electrons. The third kappa shape index (κ3) is 6.79. The van der Waals surface area contributed by atoms with E-state index in [2.05, 4.69) is 10.0 Å². The van der Waals surface area contributed by atoms with Crippen molar-refractivity contribution in [2.45, 2.75) is 56.1 Å². The normalized spacial score (nSPS) is 14.4. The second-order valence-corrected chi connectivity index (χ2v) is 9.91. The number of hydrogen-bond acceptors (Lipinski definition) is 5. The summed E-state index contributed by atoms with van der Waals surface area (Å²) in [4.78, 5) is 27.1. The lowest BCUT2D eigenvalue weighted by atomic mass is 10.1. The predicted octanol–water partition coefficient (Wildman–Crippen LogP) is 2.23. The van der Waals surface area contributed by atoms with Crippen LogP contribution < -0.4 is 14.8 Å². The van der Waals surface area contributed by atoms with Crippen molar-refractivity contribution in [3.05, 3.63) is 59.7 Å². The monoisotopic (exact) mass is 473 g/mol. The number of ether oxygens (including phenoxy) is 1. The van der Waals surface area contributed by atoms with Crippen LogP contribution in [0, 0.1) is 0 Å². The number of rotatable bonds is 11. The van der Waals surface area contributed by atoms with Crippen molar-refractivity contribution in [2.24, 2.45) is 0 Å². The number of carbonyl (C=O) groups excluding carboxylic acids is 2. The van der Waals surface area contributed by atoms with Crippen LogP contribution in [0.15, 0.2) is 53.4 Å². The molecule has 0 saturated heterocycles. The Morgan fingerprint density at radius 3 is 2.21 bits per heavy atom.